The van der Waals surface area contributed by atoms with Crippen LogP contribution in [-0.2, 0) is 19.1 Å². The molecule has 0 amide bonds. The Labute approximate surface area is 218 Å². The molecule has 0 saturated carbocycles. The van der Waals surface area contributed by atoms with E-state index < -0.39 is 48.1 Å². The first-order chi connectivity index (χ1) is 17.0. The number of aliphatic hydroxyl groups excluding tert-OH is 2. The number of pyridine rings is 1. The van der Waals surface area contributed by atoms with E-state index in [1.54, 1.807) is 51.3 Å². The molecule has 0 bridgehead atoms. The highest BCUT2D eigenvalue weighted by Gasteiger charge is 2.44. The van der Waals surface area contributed by atoms with Crippen LogP contribution in [0.1, 0.15) is 59.1 Å². The fourth-order valence-electron chi connectivity index (χ4n) is 4.00. The summed E-state index contributed by atoms with van der Waals surface area (Å²) in [6, 6.07) is 5.39. The average molecular weight is 520 g/mol. The minimum absolute atomic E-state index is 0.212. The van der Waals surface area contributed by atoms with Crippen molar-refractivity contribution in [2.75, 3.05) is 6.61 Å². The minimum atomic E-state index is -1.34. The molecular weight excluding hydrogens is 482 g/mol. The van der Waals surface area contributed by atoms with Crippen LogP contribution in [0.4, 0.5) is 0 Å². The maximum atomic E-state index is 13.4. The zero-order chi connectivity index (χ0) is 26.9. The van der Waals surface area contributed by atoms with E-state index in [2.05, 4.69) is 11.6 Å². The Kier molecular flexibility index (Phi) is 11.5. The molecule has 1 aromatic heterocycles. The summed E-state index contributed by atoms with van der Waals surface area (Å²) in [5.74, 6) is -1.90. The highest BCUT2D eigenvalue weighted by atomic mass is 35.5. The molecule has 1 aliphatic rings. The van der Waals surface area contributed by atoms with Gasteiger partial charge in [0.15, 0.2) is 0 Å². The smallest absolute Gasteiger partial charge is 0.309 e. The molecule has 2 rings (SSSR count). The largest absolute Gasteiger partial charge is 0.456 e. The van der Waals surface area contributed by atoms with Gasteiger partial charge >= 0.3 is 5.97 Å². The standard InChI is InChI=1S/C28H38ClNO6/c1-6-9-21-26(33)19(3)35-15-13-18(2)11-12-23(22(29)16-20-10-7-8-14-30-20)36-25(32)17-24(31)28(4,5)27(21)34/h6-8,10-11,14,16,19,21,23-24,26,31,33H,1,9,12-13,15,17H2,2-5H3/b18-11-,22-16-/t19-,21-,23+,24+,26-/m1/s1. The molecule has 198 valence electrons. The fraction of sp³-hybridized carbons (Fsp3) is 0.536. The van der Waals surface area contributed by atoms with E-state index >= 15 is 0 Å². The van der Waals surface area contributed by atoms with E-state index in [-0.39, 0.29) is 17.2 Å². The van der Waals surface area contributed by atoms with Crippen molar-refractivity contribution in [3.05, 3.63) is 59.4 Å². The van der Waals surface area contributed by atoms with Crippen molar-refractivity contribution in [1.82, 2.24) is 4.98 Å². The molecule has 8 heteroatoms. The number of esters is 1. The van der Waals surface area contributed by atoms with E-state index in [9.17, 15) is 19.8 Å². The monoisotopic (exact) mass is 519 g/mol. The second kappa shape index (κ2) is 13.8. The van der Waals surface area contributed by atoms with Gasteiger partial charge in [0.2, 0.25) is 0 Å². The van der Waals surface area contributed by atoms with Gasteiger partial charge in [0, 0.05) is 12.6 Å². The molecule has 2 N–H and O–H groups in total. The molecular formula is C28H38ClNO6. The van der Waals surface area contributed by atoms with Crippen molar-refractivity contribution in [3.8, 4) is 0 Å². The van der Waals surface area contributed by atoms with Crippen LogP contribution in [0.15, 0.2) is 53.7 Å². The number of allylic oxidation sites excluding steroid dienone is 1. The number of cyclic esters (lactones) is 1. The van der Waals surface area contributed by atoms with Crippen LogP contribution in [0, 0.1) is 11.3 Å². The number of Topliss-reactive ketones (excluding diaryl/α,β-unsaturated/α-hetero) is 1. The van der Waals surface area contributed by atoms with Crippen molar-refractivity contribution >= 4 is 29.4 Å². The zero-order valence-electron chi connectivity index (χ0n) is 21.5. The molecule has 5 atom stereocenters. The molecule has 0 aliphatic carbocycles. The lowest BCUT2D eigenvalue weighted by Crippen LogP contribution is -2.48. The number of nitrogens with zero attached hydrogens (tertiary/aromatic N) is 1. The third kappa shape index (κ3) is 8.37. The van der Waals surface area contributed by atoms with E-state index in [1.807, 2.05) is 19.1 Å². The SMILES string of the molecule is C=CC[C@H]1C(=O)C(C)(C)[C@@H](O)CC(=O)O[C@H](/C(Cl)=C/c2ccccn2)C/C=C(/C)CCO[C@H](C)[C@H]1O. The van der Waals surface area contributed by atoms with Gasteiger partial charge in [0.1, 0.15) is 11.9 Å². The lowest BCUT2D eigenvalue weighted by molar-refractivity contribution is -0.155. The minimum Gasteiger partial charge on any atom is -0.456 e. The molecule has 2 heterocycles. The van der Waals surface area contributed by atoms with E-state index in [4.69, 9.17) is 21.1 Å². The Morgan fingerprint density at radius 1 is 1.31 bits per heavy atom. The number of carbonyl (C=O) groups is 2. The topological polar surface area (TPSA) is 106 Å². The molecule has 0 unspecified atom stereocenters. The number of ketones is 1. The molecule has 1 aromatic rings. The lowest BCUT2D eigenvalue weighted by Gasteiger charge is -2.35. The normalized spacial score (nSPS) is 30.7. The zero-order valence-corrected chi connectivity index (χ0v) is 22.3. The molecule has 0 aromatic carbocycles. The van der Waals surface area contributed by atoms with E-state index in [0.717, 1.165) is 5.57 Å². The van der Waals surface area contributed by atoms with Crippen LogP contribution in [0.2, 0.25) is 0 Å². The molecule has 0 radical (unpaired) electrons. The first-order valence-corrected chi connectivity index (χ1v) is 12.6. The number of hydrogen-bond donors (Lipinski definition) is 2. The van der Waals surface area contributed by atoms with Gasteiger partial charge in [0.05, 0.1) is 53.4 Å². The maximum Gasteiger partial charge on any atom is 0.309 e. The fourth-order valence-corrected chi connectivity index (χ4v) is 4.24. The van der Waals surface area contributed by atoms with Crippen molar-refractivity contribution in [2.24, 2.45) is 11.3 Å². The van der Waals surface area contributed by atoms with Crippen LogP contribution in [-0.4, -0.2) is 58.0 Å². The number of hydrogen-bond acceptors (Lipinski definition) is 7. The molecule has 7 nitrogen and oxygen atoms in total. The predicted molar refractivity (Wildman–Crippen MR) is 140 cm³/mol. The van der Waals surface area contributed by atoms with Gasteiger partial charge in [-0.2, -0.15) is 0 Å². The summed E-state index contributed by atoms with van der Waals surface area (Å²) in [4.78, 5) is 30.5. The molecule has 0 saturated heterocycles. The van der Waals surface area contributed by atoms with E-state index in [1.165, 1.54) is 0 Å². The van der Waals surface area contributed by atoms with Gasteiger partial charge in [-0.05, 0) is 44.9 Å². The number of carbonyl (C=O) groups excluding carboxylic acids is 2. The van der Waals surface area contributed by atoms with Crippen molar-refractivity contribution in [3.63, 3.8) is 0 Å². The summed E-state index contributed by atoms with van der Waals surface area (Å²) < 4.78 is 11.5. The van der Waals surface area contributed by atoms with Gasteiger partial charge in [-0.15, -0.1) is 6.58 Å². The number of aromatic nitrogens is 1. The Hall–Kier alpha value is -2.32. The summed E-state index contributed by atoms with van der Waals surface area (Å²) in [6.45, 7) is 10.8. The van der Waals surface area contributed by atoms with Gasteiger partial charge in [0.25, 0.3) is 0 Å². The second-order valence-electron chi connectivity index (χ2n) is 9.80. The third-order valence-corrected chi connectivity index (χ3v) is 6.94. The van der Waals surface area contributed by atoms with Crippen LogP contribution >= 0.6 is 11.6 Å². The highest BCUT2D eigenvalue weighted by Crippen LogP contribution is 2.33. The number of aliphatic hydroxyl groups is 2. The molecule has 0 fully saturated rings. The first kappa shape index (κ1) is 29.9. The molecule has 36 heavy (non-hydrogen) atoms. The van der Waals surface area contributed by atoms with Crippen LogP contribution in [0.3, 0.4) is 0 Å². The van der Waals surface area contributed by atoms with Crippen molar-refractivity contribution in [1.29, 1.82) is 0 Å². The van der Waals surface area contributed by atoms with Gasteiger partial charge < -0.3 is 19.7 Å². The van der Waals surface area contributed by atoms with Crippen LogP contribution in [0.5, 0.6) is 0 Å². The van der Waals surface area contributed by atoms with Gasteiger partial charge in [-0.25, -0.2) is 0 Å². The van der Waals surface area contributed by atoms with Crippen molar-refractivity contribution < 1.29 is 29.3 Å². The number of ether oxygens (including phenoxy) is 2. The number of rotatable bonds is 4. The highest BCUT2D eigenvalue weighted by molar-refractivity contribution is 6.32. The van der Waals surface area contributed by atoms with Gasteiger partial charge in [-0.3, -0.25) is 14.6 Å². The Morgan fingerprint density at radius 2 is 2.03 bits per heavy atom. The number of halogens is 1. The lowest BCUT2D eigenvalue weighted by atomic mass is 9.72. The first-order valence-electron chi connectivity index (χ1n) is 12.2. The second-order valence-corrected chi connectivity index (χ2v) is 10.2. The molecule has 1 aliphatic heterocycles. The Morgan fingerprint density at radius 3 is 2.67 bits per heavy atom. The summed E-state index contributed by atoms with van der Waals surface area (Å²) >= 11 is 6.55. The summed E-state index contributed by atoms with van der Waals surface area (Å²) in [5, 5.41) is 22.1. The Balaban J connectivity index is 2.37. The summed E-state index contributed by atoms with van der Waals surface area (Å²) in [6.07, 6.45) is 3.64. The third-order valence-electron chi connectivity index (χ3n) is 6.59. The predicted octanol–water partition coefficient (Wildman–Crippen LogP) is 4.62. The maximum absolute atomic E-state index is 13.4. The summed E-state index contributed by atoms with van der Waals surface area (Å²) in [7, 11) is 0. The quantitative estimate of drug-likeness (QED) is 0.441. The van der Waals surface area contributed by atoms with Crippen LogP contribution < -0.4 is 0 Å². The van der Waals surface area contributed by atoms with E-state index in [0.29, 0.717) is 25.1 Å². The average Bonchev–Trinajstić information content (AvgIpc) is 2.84. The summed E-state index contributed by atoms with van der Waals surface area (Å²) in [5.41, 5.74) is 0.281. The van der Waals surface area contributed by atoms with Gasteiger partial charge in [-0.1, -0.05) is 49.2 Å². The molecule has 0 spiro atoms. The Bertz CT molecular complexity index is 958. The van der Waals surface area contributed by atoms with Crippen molar-refractivity contribution in [2.45, 2.75) is 77.8 Å². The van der Waals surface area contributed by atoms with Crippen LogP contribution in [0.25, 0.3) is 6.08 Å².